The van der Waals surface area contributed by atoms with Crippen LogP contribution in [0.3, 0.4) is 0 Å². The van der Waals surface area contributed by atoms with Crippen LogP contribution in [-0.2, 0) is 48.0 Å². The minimum absolute atomic E-state index is 0.903. The molecule has 0 aliphatic carbocycles. The van der Waals surface area contributed by atoms with E-state index in [2.05, 4.69) is 64.1 Å². The second-order valence-electron chi connectivity index (χ2n) is 9.61. The van der Waals surface area contributed by atoms with E-state index >= 15 is 0 Å². The van der Waals surface area contributed by atoms with Gasteiger partial charge in [0.1, 0.15) is 0 Å². The largest absolute Gasteiger partial charge is 0.606 e. The molecule has 184 valence electrons. The summed E-state index contributed by atoms with van der Waals surface area (Å²) in [6.07, 6.45) is 3.87. The Morgan fingerprint density at radius 1 is 0.611 bits per heavy atom. The number of aryl methyl sites for hydroxylation is 4. The first kappa shape index (κ1) is 25.2. The smallest absolute Gasteiger partial charge is 0.164 e. The normalized spacial score (nSPS) is 17.2. The molecule has 0 fully saturated rings. The predicted octanol–water partition coefficient (Wildman–Crippen LogP) is 7.26. The number of hydrogen-bond donors (Lipinski definition) is 0. The Balaban J connectivity index is 0.000000149. The van der Waals surface area contributed by atoms with Gasteiger partial charge in [0.15, 0.2) is 19.6 Å². The number of fused-ring (bicyclic) bond motifs is 4. The fraction of sp³-hybridized carbons (Fsp3) is 0.250. The Kier molecular flexibility index (Phi) is 7.32. The molecule has 2 atom stereocenters. The monoisotopic (exact) mass is 512 g/mol. The minimum atomic E-state index is -1.01. The van der Waals surface area contributed by atoms with Gasteiger partial charge >= 0.3 is 0 Å². The molecule has 0 aromatic heterocycles. The number of hydrogen-bond acceptors (Lipinski definition) is 2. The minimum Gasteiger partial charge on any atom is -0.606 e. The molecule has 2 heterocycles. The van der Waals surface area contributed by atoms with Gasteiger partial charge in [-0.05, 0) is 56.0 Å². The van der Waals surface area contributed by atoms with Crippen molar-refractivity contribution in [2.75, 3.05) is 0 Å². The lowest BCUT2D eigenvalue weighted by Crippen LogP contribution is -2.16. The Morgan fingerprint density at radius 2 is 1.17 bits per heavy atom. The summed E-state index contributed by atoms with van der Waals surface area (Å²) in [4.78, 5) is 4.01. The topological polar surface area (TPSA) is 46.1 Å². The van der Waals surface area contributed by atoms with Crippen molar-refractivity contribution in [3.8, 4) is 0 Å². The second-order valence-corrected chi connectivity index (χ2v) is 12.4. The third-order valence-electron chi connectivity index (χ3n) is 7.13. The molecule has 4 aromatic rings. The van der Waals surface area contributed by atoms with E-state index in [1.165, 1.54) is 38.9 Å². The van der Waals surface area contributed by atoms with Crippen LogP contribution in [0, 0.1) is 13.8 Å². The van der Waals surface area contributed by atoms with Crippen LogP contribution >= 0.6 is 0 Å². The van der Waals surface area contributed by atoms with E-state index in [-0.39, 0.29) is 0 Å². The highest BCUT2D eigenvalue weighted by Crippen LogP contribution is 2.37. The van der Waals surface area contributed by atoms with Gasteiger partial charge in [0, 0.05) is 63.0 Å². The molecule has 0 saturated carbocycles. The van der Waals surface area contributed by atoms with E-state index in [0.717, 1.165) is 50.8 Å². The lowest BCUT2D eigenvalue weighted by molar-refractivity contribution is 0.589. The summed E-state index contributed by atoms with van der Waals surface area (Å²) < 4.78 is 25.2. The summed E-state index contributed by atoms with van der Waals surface area (Å²) >= 11 is -2.02. The van der Waals surface area contributed by atoms with Crippen LogP contribution < -0.4 is 0 Å². The summed E-state index contributed by atoms with van der Waals surface area (Å²) in [5, 5.41) is 0. The zero-order chi connectivity index (χ0) is 25.4. The molecule has 2 aliphatic rings. The Hall–Kier alpha value is -2.50. The highest BCUT2D eigenvalue weighted by atomic mass is 32.2. The van der Waals surface area contributed by atoms with E-state index in [0.29, 0.717) is 0 Å². The van der Waals surface area contributed by atoms with Crippen LogP contribution in [0.4, 0.5) is 0 Å². The maximum absolute atomic E-state index is 12.7. The molecule has 2 unspecified atom stereocenters. The molecule has 36 heavy (non-hydrogen) atoms. The van der Waals surface area contributed by atoms with E-state index in [4.69, 9.17) is 0 Å². The molecule has 0 amide bonds. The first-order valence-corrected chi connectivity index (χ1v) is 14.9. The highest BCUT2D eigenvalue weighted by Gasteiger charge is 2.30. The first-order valence-electron chi connectivity index (χ1n) is 12.6. The quantitative estimate of drug-likeness (QED) is 0.265. The number of benzene rings is 4. The molecule has 4 heteroatoms. The van der Waals surface area contributed by atoms with Crippen LogP contribution in [0.15, 0.2) is 92.4 Å². The van der Waals surface area contributed by atoms with Gasteiger partial charge in [-0.3, -0.25) is 0 Å². The fourth-order valence-corrected chi connectivity index (χ4v) is 8.38. The van der Waals surface area contributed by atoms with E-state index in [1.807, 2.05) is 36.4 Å². The van der Waals surface area contributed by atoms with Gasteiger partial charge in [-0.25, -0.2) is 0 Å². The molecular formula is C32H32O2S2. The molecule has 0 radical (unpaired) electrons. The molecule has 0 spiro atoms. The molecule has 0 N–H and O–H groups in total. The van der Waals surface area contributed by atoms with Crippen molar-refractivity contribution in [2.24, 2.45) is 0 Å². The predicted molar refractivity (Wildman–Crippen MR) is 149 cm³/mol. The molecule has 0 bridgehead atoms. The first-order chi connectivity index (χ1) is 17.4. The Labute approximate surface area is 221 Å². The van der Waals surface area contributed by atoms with E-state index in [9.17, 15) is 9.11 Å². The van der Waals surface area contributed by atoms with Gasteiger partial charge in [-0.1, -0.05) is 74.0 Å². The SMILES string of the molecule is CCc1cc2c(cc1CC)[S+]([O-])c1ccccc1C2.Cc1cc(C)c2c(c1)Cc1ccccc1[S+]2[O-]. The maximum atomic E-state index is 12.7. The van der Waals surface area contributed by atoms with Gasteiger partial charge in [-0.15, -0.1) is 0 Å². The summed E-state index contributed by atoms with van der Waals surface area (Å²) in [6, 6.07) is 24.8. The van der Waals surface area contributed by atoms with Crippen molar-refractivity contribution >= 4 is 22.4 Å². The third kappa shape index (κ3) is 4.64. The van der Waals surface area contributed by atoms with Crippen molar-refractivity contribution < 1.29 is 9.11 Å². The van der Waals surface area contributed by atoms with Gasteiger partial charge < -0.3 is 9.11 Å². The average Bonchev–Trinajstić information content (AvgIpc) is 2.88. The lowest BCUT2D eigenvalue weighted by Gasteiger charge is -2.23. The summed E-state index contributed by atoms with van der Waals surface area (Å²) in [6.45, 7) is 8.50. The number of rotatable bonds is 2. The van der Waals surface area contributed by atoms with E-state index in [1.54, 1.807) is 0 Å². The molecular weight excluding hydrogens is 480 g/mol. The van der Waals surface area contributed by atoms with Crippen molar-refractivity contribution in [1.82, 2.24) is 0 Å². The van der Waals surface area contributed by atoms with Gasteiger partial charge in [-0.2, -0.15) is 0 Å². The van der Waals surface area contributed by atoms with Gasteiger partial charge in [0.2, 0.25) is 0 Å². The lowest BCUT2D eigenvalue weighted by atomic mass is 9.96. The Morgan fingerprint density at radius 3 is 1.81 bits per heavy atom. The maximum Gasteiger partial charge on any atom is 0.164 e. The van der Waals surface area contributed by atoms with Crippen molar-refractivity contribution in [1.29, 1.82) is 0 Å². The fourth-order valence-electron chi connectivity index (χ4n) is 5.43. The van der Waals surface area contributed by atoms with Crippen LogP contribution in [0.5, 0.6) is 0 Å². The molecule has 2 aliphatic heterocycles. The summed E-state index contributed by atoms with van der Waals surface area (Å²) in [5.74, 6) is 0. The molecule has 6 rings (SSSR count). The average molecular weight is 513 g/mol. The summed E-state index contributed by atoms with van der Waals surface area (Å²) in [7, 11) is 0. The van der Waals surface area contributed by atoms with E-state index < -0.39 is 22.4 Å². The van der Waals surface area contributed by atoms with Gasteiger partial charge in [0.05, 0.1) is 0 Å². The highest BCUT2D eigenvalue weighted by molar-refractivity contribution is 7.92. The molecule has 2 nitrogen and oxygen atoms in total. The summed E-state index contributed by atoms with van der Waals surface area (Å²) in [5.41, 5.74) is 10.0. The zero-order valence-electron chi connectivity index (χ0n) is 21.4. The Bertz CT molecular complexity index is 1430. The second kappa shape index (κ2) is 10.5. The van der Waals surface area contributed by atoms with Crippen molar-refractivity contribution in [3.05, 3.63) is 117 Å². The van der Waals surface area contributed by atoms with Crippen LogP contribution in [0.25, 0.3) is 0 Å². The van der Waals surface area contributed by atoms with Crippen LogP contribution in [0.2, 0.25) is 0 Å². The van der Waals surface area contributed by atoms with Gasteiger partial charge in [0.25, 0.3) is 0 Å². The molecule has 0 saturated heterocycles. The third-order valence-corrected chi connectivity index (χ3v) is 10.5. The van der Waals surface area contributed by atoms with Crippen molar-refractivity contribution in [2.45, 2.75) is 73.0 Å². The standard InChI is InChI=1S/C17H18OS.C15H14OS/c1-3-12-9-15-10-14-7-5-6-8-16(14)19(18)17(15)11-13(12)4-2;1-10-7-11(2)15-13(8-10)9-12-5-3-4-6-14(12)17(15)16/h5-9,11H,3-4,10H2,1-2H3;3-8H,9H2,1-2H3. The zero-order valence-corrected chi connectivity index (χ0v) is 23.0. The van der Waals surface area contributed by atoms with Crippen molar-refractivity contribution in [3.63, 3.8) is 0 Å². The van der Waals surface area contributed by atoms with Crippen LogP contribution in [0.1, 0.15) is 58.4 Å². The molecule has 4 aromatic carbocycles. The van der Waals surface area contributed by atoms with Crippen LogP contribution in [-0.4, -0.2) is 9.11 Å².